The zero-order valence-electron chi connectivity index (χ0n) is 27.4. The Morgan fingerprint density at radius 1 is 1.00 bits per heavy atom. The first-order valence-corrected chi connectivity index (χ1v) is 15.5. The first-order chi connectivity index (χ1) is 21.3. The fourth-order valence-corrected chi connectivity index (χ4v) is 5.29. The molecule has 0 fully saturated rings. The molecule has 246 valence electrons. The lowest BCUT2D eigenvalue weighted by molar-refractivity contribution is -0.147. The summed E-state index contributed by atoms with van der Waals surface area (Å²) in [5, 5.41) is 2.74. The van der Waals surface area contributed by atoms with Gasteiger partial charge in [-0.05, 0) is 48.9 Å². The van der Waals surface area contributed by atoms with Gasteiger partial charge in [-0.1, -0.05) is 52.0 Å². The van der Waals surface area contributed by atoms with Crippen molar-refractivity contribution >= 4 is 23.6 Å². The van der Waals surface area contributed by atoms with E-state index < -0.39 is 35.6 Å². The van der Waals surface area contributed by atoms with Crippen LogP contribution in [-0.2, 0) is 14.4 Å². The number of nitrogens with zero attached hydrogens (tertiary/aromatic N) is 3. The molecule has 1 aliphatic rings. The number of hydrogen-bond donors (Lipinski definition) is 1. The number of fused-ring (bicyclic) bond motifs is 1. The van der Waals surface area contributed by atoms with Gasteiger partial charge >= 0.3 is 0 Å². The molecule has 11 heteroatoms. The monoisotopic (exact) mass is 626 g/mol. The van der Waals surface area contributed by atoms with Crippen molar-refractivity contribution in [3.05, 3.63) is 59.9 Å². The average Bonchev–Trinajstić information content (AvgIpc) is 3.00. The van der Waals surface area contributed by atoms with Gasteiger partial charge in [0.2, 0.25) is 17.7 Å². The third-order valence-electron chi connectivity index (χ3n) is 7.92. The Bertz CT molecular complexity index is 1340. The number of nitrogens with one attached hydrogen (secondary N) is 1. The van der Waals surface area contributed by atoms with E-state index in [0.29, 0.717) is 18.6 Å². The maximum Gasteiger partial charge on any atom is 0.255 e. The lowest BCUT2D eigenvalue weighted by Crippen LogP contribution is -2.55. The van der Waals surface area contributed by atoms with Gasteiger partial charge in [0.1, 0.15) is 31.0 Å². The number of benzene rings is 2. The number of amides is 4. The van der Waals surface area contributed by atoms with Crippen LogP contribution in [0.5, 0.6) is 11.5 Å². The van der Waals surface area contributed by atoms with Crippen LogP contribution in [-0.4, -0.2) is 97.4 Å². The van der Waals surface area contributed by atoms with Crippen molar-refractivity contribution < 1.29 is 33.0 Å². The number of ether oxygens (including phenoxy) is 2. The van der Waals surface area contributed by atoms with Crippen molar-refractivity contribution in [3.8, 4) is 11.5 Å². The minimum atomic E-state index is -1.25. The number of carbonyl (C=O) groups excluding carboxylic acids is 4. The van der Waals surface area contributed by atoms with E-state index in [1.54, 1.807) is 55.4 Å². The van der Waals surface area contributed by atoms with E-state index in [9.17, 15) is 23.6 Å². The highest BCUT2D eigenvalue weighted by molar-refractivity contribution is 6.01. The number of rotatable bonds is 9. The van der Waals surface area contributed by atoms with Crippen LogP contribution in [0.15, 0.2) is 48.5 Å². The van der Waals surface area contributed by atoms with Crippen LogP contribution in [0.3, 0.4) is 0 Å². The molecule has 0 aromatic heterocycles. The summed E-state index contributed by atoms with van der Waals surface area (Å²) < 4.78 is 25.7. The lowest BCUT2D eigenvalue weighted by Gasteiger charge is -2.37. The van der Waals surface area contributed by atoms with E-state index in [2.05, 4.69) is 19.2 Å². The molecule has 2 aromatic carbocycles. The van der Waals surface area contributed by atoms with Gasteiger partial charge < -0.3 is 29.5 Å². The summed E-state index contributed by atoms with van der Waals surface area (Å²) in [7, 11) is 4.80. The van der Waals surface area contributed by atoms with E-state index in [0.717, 1.165) is 0 Å². The van der Waals surface area contributed by atoms with Crippen LogP contribution in [0, 0.1) is 17.7 Å². The van der Waals surface area contributed by atoms with Crippen molar-refractivity contribution in [1.82, 2.24) is 20.0 Å². The summed E-state index contributed by atoms with van der Waals surface area (Å²) in [6, 6.07) is 10.3. The van der Waals surface area contributed by atoms with Gasteiger partial charge in [-0.25, -0.2) is 4.39 Å². The number of carbonyl (C=O) groups is 4. The molecule has 45 heavy (non-hydrogen) atoms. The molecule has 3 atom stereocenters. The highest BCUT2D eigenvalue weighted by atomic mass is 19.1. The third-order valence-corrected chi connectivity index (χ3v) is 7.92. The molecule has 0 spiro atoms. The second-order valence-corrected chi connectivity index (χ2v) is 12.5. The van der Waals surface area contributed by atoms with Crippen molar-refractivity contribution in [1.29, 1.82) is 0 Å². The molecule has 0 saturated carbocycles. The van der Waals surface area contributed by atoms with Gasteiger partial charge in [0, 0.05) is 21.1 Å². The third kappa shape index (κ3) is 9.67. The Hall–Kier alpha value is -4.15. The van der Waals surface area contributed by atoms with Crippen LogP contribution >= 0.6 is 0 Å². The van der Waals surface area contributed by atoms with E-state index >= 15 is 0 Å². The maximum atomic E-state index is 14.0. The van der Waals surface area contributed by atoms with Crippen molar-refractivity contribution in [2.45, 2.75) is 65.1 Å². The molecule has 10 nitrogen and oxygen atoms in total. The second kappa shape index (κ2) is 16.2. The van der Waals surface area contributed by atoms with Crippen LogP contribution in [0.2, 0.25) is 0 Å². The molecule has 2 aromatic rings. The quantitative estimate of drug-likeness (QED) is 0.451. The van der Waals surface area contributed by atoms with Gasteiger partial charge in [0.15, 0.2) is 11.6 Å². The number of halogens is 1. The SMILES string of the molecule is CC(C)C[C@@H]1COc2ccccc2C(=O)N[C@H](C(=O)N(C)CCOc2ccccc2F)CC(=O)N(C)[C@@H](CC(C)C)C(=O)N1C. The first kappa shape index (κ1) is 35.3. The molecule has 0 radical (unpaired) electrons. The highest BCUT2D eigenvalue weighted by Gasteiger charge is 2.36. The Morgan fingerprint density at radius 3 is 2.31 bits per heavy atom. The Balaban J connectivity index is 1.94. The molecule has 4 amide bonds. The van der Waals surface area contributed by atoms with E-state index in [4.69, 9.17) is 9.47 Å². The summed E-state index contributed by atoms with van der Waals surface area (Å²) in [4.78, 5) is 59.4. The molecule has 1 heterocycles. The average molecular weight is 627 g/mol. The van der Waals surface area contributed by atoms with E-state index in [1.807, 2.05) is 13.8 Å². The van der Waals surface area contributed by atoms with Crippen LogP contribution in [0.4, 0.5) is 4.39 Å². The molecule has 0 saturated heterocycles. The van der Waals surface area contributed by atoms with E-state index in [-0.39, 0.29) is 61.3 Å². The summed E-state index contributed by atoms with van der Waals surface area (Å²) in [5.41, 5.74) is 0.202. The largest absolute Gasteiger partial charge is 0.491 e. The smallest absolute Gasteiger partial charge is 0.255 e. The minimum Gasteiger partial charge on any atom is -0.491 e. The number of likely N-dealkylation sites (N-methyl/N-ethyl adjacent to an activating group) is 3. The Labute approximate surface area is 265 Å². The minimum absolute atomic E-state index is 0.0107. The second-order valence-electron chi connectivity index (χ2n) is 12.5. The van der Waals surface area contributed by atoms with Crippen LogP contribution in [0.25, 0.3) is 0 Å². The van der Waals surface area contributed by atoms with E-state index in [1.165, 1.54) is 29.0 Å². The van der Waals surface area contributed by atoms with Crippen molar-refractivity contribution in [2.24, 2.45) is 11.8 Å². The van der Waals surface area contributed by atoms with Gasteiger partial charge in [0.25, 0.3) is 5.91 Å². The van der Waals surface area contributed by atoms with Gasteiger partial charge in [-0.3, -0.25) is 19.2 Å². The molecule has 0 unspecified atom stereocenters. The summed E-state index contributed by atoms with van der Waals surface area (Å²) in [6.07, 6.45) is 0.706. The standard InChI is InChI=1S/C34H47FN4O6/c1-22(2)18-24-21-45-29-14-10-8-12-25(29)32(41)36-27(20-31(40)39(7)28(19-23(3)4)34(43)38(24)6)33(42)37(5)16-17-44-30-15-11-9-13-26(30)35/h8-15,22-24,27-28H,16-21H2,1-7H3,(H,36,41)/t24-,27+,28+/m1/s1. The Morgan fingerprint density at radius 2 is 1.64 bits per heavy atom. The van der Waals surface area contributed by atoms with Gasteiger partial charge in [-0.2, -0.15) is 0 Å². The maximum absolute atomic E-state index is 14.0. The fourth-order valence-electron chi connectivity index (χ4n) is 5.29. The van der Waals surface area contributed by atoms with Crippen LogP contribution in [0.1, 0.15) is 57.3 Å². The zero-order valence-corrected chi connectivity index (χ0v) is 27.4. The van der Waals surface area contributed by atoms with Gasteiger partial charge in [-0.15, -0.1) is 0 Å². The predicted molar refractivity (Wildman–Crippen MR) is 169 cm³/mol. The molecular formula is C34H47FN4O6. The summed E-state index contributed by atoms with van der Waals surface area (Å²) in [5.74, 6) is -1.58. The molecule has 0 aliphatic carbocycles. The molecule has 1 N–H and O–H groups in total. The summed E-state index contributed by atoms with van der Waals surface area (Å²) >= 11 is 0. The normalized spacial score (nSPS) is 20.0. The molecule has 3 rings (SSSR count). The topological polar surface area (TPSA) is 108 Å². The number of para-hydroxylation sites is 2. The summed E-state index contributed by atoms with van der Waals surface area (Å²) in [6.45, 7) is 8.28. The predicted octanol–water partition coefficient (Wildman–Crippen LogP) is 3.99. The van der Waals surface area contributed by atoms with Crippen LogP contribution < -0.4 is 14.8 Å². The first-order valence-electron chi connectivity index (χ1n) is 15.5. The molecule has 1 aliphatic heterocycles. The number of hydrogen-bond acceptors (Lipinski definition) is 6. The highest BCUT2D eigenvalue weighted by Crippen LogP contribution is 2.23. The Kier molecular flexibility index (Phi) is 12.8. The lowest BCUT2D eigenvalue weighted by atomic mass is 9.98. The zero-order chi connectivity index (χ0) is 33.3. The van der Waals surface area contributed by atoms with Gasteiger partial charge in [0.05, 0.1) is 24.6 Å². The van der Waals surface area contributed by atoms with Crippen molar-refractivity contribution in [2.75, 3.05) is 40.9 Å². The molecular weight excluding hydrogens is 579 g/mol. The van der Waals surface area contributed by atoms with Crippen molar-refractivity contribution in [3.63, 3.8) is 0 Å². The molecule has 0 bridgehead atoms. The fraction of sp³-hybridized carbons (Fsp3) is 0.529.